The van der Waals surface area contributed by atoms with Crippen LogP contribution in [0.25, 0.3) is 0 Å². The van der Waals surface area contributed by atoms with Crippen molar-refractivity contribution in [2.75, 3.05) is 32.8 Å². The molecule has 1 aliphatic rings. The molecule has 2 aromatic carbocycles. The number of carbonyl (C=O) groups excluding carboxylic acids is 1. The van der Waals surface area contributed by atoms with Gasteiger partial charge in [0.25, 0.3) is 5.91 Å². The number of piperazine rings is 1. The third-order valence-electron chi connectivity index (χ3n) is 4.53. The van der Waals surface area contributed by atoms with Crippen molar-refractivity contribution in [1.29, 1.82) is 0 Å². The number of ether oxygens (including phenoxy) is 1. The Balaban J connectivity index is 1.62. The number of hydrogen-bond donors (Lipinski definition) is 0. The number of rotatable bonds is 6. The summed E-state index contributed by atoms with van der Waals surface area (Å²) in [5.41, 5.74) is 0.565. The number of carbonyl (C=O) groups is 1. The lowest BCUT2D eigenvalue weighted by Gasteiger charge is -2.34. The standard InChI is InChI=1S/C20H23ClN2O4S/c1-2-14-27-18-8-6-16(7-9-18)20(24)22-10-12-23(13-11-22)28(25,26)19-5-3-4-17(21)15-19/h3-9,15H,2,10-14H2,1H3. The van der Waals surface area contributed by atoms with E-state index in [2.05, 4.69) is 0 Å². The van der Waals surface area contributed by atoms with Crippen LogP contribution in [0, 0.1) is 0 Å². The summed E-state index contributed by atoms with van der Waals surface area (Å²) in [4.78, 5) is 14.5. The molecule has 1 amide bonds. The van der Waals surface area contributed by atoms with Crippen molar-refractivity contribution in [2.24, 2.45) is 0 Å². The average molecular weight is 423 g/mol. The van der Waals surface area contributed by atoms with Crippen LogP contribution < -0.4 is 4.74 Å². The molecule has 0 aromatic heterocycles. The zero-order chi connectivity index (χ0) is 20.1. The maximum absolute atomic E-state index is 12.8. The van der Waals surface area contributed by atoms with Gasteiger partial charge in [0.2, 0.25) is 10.0 Å². The molecule has 1 fully saturated rings. The second-order valence-electron chi connectivity index (χ2n) is 6.53. The van der Waals surface area contributed by atoms with Crippen LogP contribution >= 0.6 is 11.6 Å². The molecule has 2 aromatic rings. The van der Waals surface area contributed by atoms with Gasteiger partial charge in [0.05, 0.1) is 11.5 Å². The van der Waals surface area contributed by atoms with Crippen LogP contribution in [0.5, 0.6) is 5.75 Å². The van der Waals surface area contributed by atoms with E-state index in [9.17, 15) is 13.2 Å². The van der Waals surface area contributed by atoms with E-state index >= 15 is 0 Å². The van der Waals surface area contributed by atoms with Crippen LogP contribution in [0.15, 0.2) is 53.4 Å². The van der Waals surface area contributed by atoms with E-state index in [1.165, 1.54) is 16.4 Å². The fourth-order valence-corrected chi connectivity index (χ4v) is 4.73. The van der Waals surface area contributed by atoms with Crippen molar-refractivity contribution in [3.8, 4) is 5.75 Å². The van der Waals surface area contributed by atoms with Gasteiger partial charge in [0.15, 0.2) is 0 Å². The summed E-state index contributed by atoms with van der Waals surface area (Å²) in [6.07, 6.45) is 0.920. The summed E-state index contributed by atoms with van der Waals surface area (Å²) in [5.74, 6) is 0.623. The Morgan fingerprint density at radius 2 is 1.75 bits per heavy atom. The van der Waals surface area contributed by atoms with Gasteiger partial charge >= 0.3 is 0 Å². The van der Waals surface area contributed by atoms with E-state index in [1.807, 2.05) is 6.92 Å². The minimum Gasteiger partial charge on any atom is -0.494 e. The Labute approximate surface area is 170 Å². The number of sulfonamides is 1. The van der Waals surface area contributed by atoms with Crippen molar-refractivity contribution >= 4 is 27.5 Å². The molecule has 8 heteroatoms. The van der Waals surface area contributed by atoms with Gasteiger partial charge in [0, 0.05) is 36.8 Å². The molecule has 0 atom stereocenters. The molecule has 0 N–H and O–H groups in total. The lowest BCUT2D eigenvalue weighted by atomic mass is 10.2. The molecule has 0 radical (unpaired) electrons. The maximum atomic E-state index is 12.8. The van der Waals surface area contributed by atoms with Gasteiger partial charge in [-0.05, 0) is 48.9 Å². The Morgan fingerprint density at radius 1 is 1.07 bits per heavy atom. The van der Waals surface area contributed by atoms with Gasteiger partial charge in [-0.15, -0.1) is 0 Å². The first-order chi connectivity index (χ1) is 13.4. The van der Waals surface area contributed by atoms with E-state index in [0.29, 0.717) is 30.3 Å². The molecule has 0 aliphatic carbocycles. The van der Waals surface area contributed by atoms with Gasteiger partial charge in [0.1, 0.15) is 5.75 Å². The monoisotopic (exact) mass is 422 g/mol. The smallest absolute Gasteiger partial charge is 0.253 e. The van der Waals surface area contributed by atoms with E-state index in [-0.39, 0.29) is 23.9 Å². The predicted octanol–water partition coefficient (Wildman–Crippen LogP) is 3.28. The molecule has 1 aliphatic heterocycles. The SMILES string of the molecule is CCCOc1ccc(C(=O)N2CCN(S(=O)(=O)c3cccc(Cl)c3)CC2)cc1. The third-order valence-corrected chi connectivity index (χ3v) is 6.66. The highest BCUT2D eigenvalue weighted by atomic mass is 35.5. The molecule has 1 saturated heterocycles. The number of benzene rings is 2. The minimum absolute atomic E-state index is 0.109. The molecule has 28 heavy (non-hydrogen) atoms. The number of amides is 1. The van der Waals surface area contributed by atoms with Crippen LogP contribution in [0.1, 0.15) is 23.7 Å². The van der Waals surface area contributed by atoms with E-state index in [1.54, 1.807) is 41.3 Å². The largest absolute Gasteiger partial charge is 0.494 e. The molecule has 150 valence electrons. The zero-order valence-electron chi connectivity index (χ0n) is 15.7. The van der Waals surface area contributed by atoms with Gasteiger partial charge in [-0.25, -0.2) is 8.42 Å². The van der Waals surface area contributed by atoms with Crippen molar-refractivity contribution < 1.29 is 17.9 Å². The maximum Gasteiger partial charge on any atom is 0.253 e. The van der Waals surface area contributed by atoms with Crippen molar-refractivity contribution in [2.45, 2.75) is 18.2 Å². The van der Waals surface area contributed by atoms with Crippen molar-refractivity contribution in [1.82, 2.24) is 9.21 Å². The van der Waals surface area contributed by atoms with Crippen LogP contribution in [0.3, 0.4) is 0 Å². The van der Waals surface area contributed by atoms with Crippen LogP contribution in [-0.4, -0.2) is 56.3 Å². The van der Waals surface area contributed by atoms with E-state index in [4.69, 9.17) is 16.3 Å². The normalized spacial score (nSPS) is 15.4. The fourth-order valence-electron chi connectivity index (χ4n) is 3.00. The molecule has 1 heterocycles. The summed E-state index contributed by atoms with van der Waals surface area (Å²) in [6.45, 7) is 3.84. The molecule has 3 rings (SSSR count). The van der Waals surface area contributed by atoms with Crippen LogP contribution in [0.2, 0.25) is 5.02 Å². The fraction of sp³-hybridized carbons (Fsp3) is 0.350. The molecule has 0 bridgehead atoms. The predicted molar refractivity (Wildman–Crippen MR) is 108 cm³/mol. The van der Waals surface area contributed by atoms with E-state index < -0.39 is 10.0 Å². The van der Waals surface area contributed by atoms with Crippen LogP contribution in [-0.2, 0) is 10.0 Å². The Kier molecular flexibility index (Phi) is 6.59. The minimum atomic E-state index is -3.62. The Hall–Kier alpha value is -2.09. The van der Waals surface area contributed by atoms with Gasteiger partial charge in [-0.3, -0.25) is 4.79 Å². The topological polar surface area (TPSA) is 66.9 Å². The first kappa shape index (κ1) is 20.6. The van der Waals surface area contributed by atoms with Gasteiger partial charge < -0.3 is 9.64 Å². The third kappa shape index (κ3) is 4.66. The summed E-state index contributed by atoms with van der Waals surface area (Å²) in [7, 11) is -3.62. The Bertz CT molecular complexity index is 923. The summed E-state index contributed by atoms with van der Waals surface area (Å²) in [5, 5.41) is 0.376. The highest BCUT2D eigenvalue weighted by molar-refractivity contribution is 7.89. The number of nitrogens with zero attached hydrogens (tertiary/aromatic N) is 2. The highest BCUT2D eigenvalue weighted by Crippen LogP contribution is 2.22. The van der Waals surface area contributed by atoms with E-state index in [0.717, 1.165) is 12.2 Å². The summed E-state index contributed by atoms with van der Waals surface area (Å²) >= 11 is 5.92. The molecular formula is C20H23ClN2O4S. The Morgan fingerprint density at radius 3 is 2.36 bits per heavy atom. The summed E-state index contributed by atoms with van der Waals surface area (Å²) < 4.78 is 32.4. The lowest BCUT2D eigenvalue weighted by Crippen LogP contribution is -2.50. The first-order valence-corrected chi connectivity index (χ1v) is 11.0. The second kappa shape index (κ2) is 8.94. The van der Waals surface area contributed by atoms with Crippen molar-refractivity contribution in [3.05, 3.63) is 59.1 Å². The van der Waals surface area contributed by atoms with Crippen LogP contribution in [0.4, 0.5) is 0 Å². The van der Waals surface area contributed by atoms with Gasteiger partial charge in [-0.1, -0.05) is 24.6 Å². The lowest BCUT2D eigenvalue weighted by molar-refractivity contribution is 0.0698. The number of halogens is 1. The first-order valence-electron chi connectivity index (χ1n) is 9.19. The molecule has 6 nitrogen and oxygen atoms in total. The molecule has 0 unspecified atom stereocenters. The zero-order valence-corrected chi connectivity index (χ0v) is 17.2. The highest BCUT2D eigenvalue weighted by Gasteiger charge is 2.30. The quantitative estimate of drug-likeness (QED) is 0.716. The van der Waals surface area contributed by atoms with Crippen molar-refractivity contribution in [3.63, 3.8) is 0 Å². The molecular weight excluding hydrogens is 400 g/mol. The van der Waals surface area contributed by atoms with Gasteiger partial charge in [-0.2, -0.15) is 4.31 Å². The summed E-state index contributed by atoms with van der Waals surface area (Å²) in [6, 6.07) is 13.3. The number of hydrogen-bond acceptors (Lipinski definition) is 4. The second-order valence-corrected chi connectivity index (χ2v) is 8.90. The molecule has 0 spiro atoms. The molecule has 0 saturated carbocycles. The average Bonchev–Trinajstić information content (AvgIpc) is 2.72.